The summed E-state index contributed by atoms with van der Waals surface area (Å²) in [6.07, 6.45) is 5.45. The van der Waals surface area contributed by atoms with Crippen LogP contribution in [-0.2, 0) is 11.2 Å². The smallest absolute Gasteiger partial charge is 0.248 e. The number of alkyl halides is 2. The Bertz CT molecular complexity index is 701. The van der Waals surface area contributed by atoms with Gasteiger partial charge in [-0.2, -0.15) is 5.10 Å². The molecule has 0 amide bonds. The second-order valence-electron chi connectivity index (χ2n) is 6.32. The summed E-state index contributed by atoms with van der Waals surface area (Å²) < 4.78 is 33.2. The summed E-state index contributed by atoms with van der Waals surface area (Å²) in [5.41, 5.74) is 3.40. The Hall–Kier alpha value is -1.82. The van der Waals surface area contributed by atoms with Crippen molar-refractivity contribution in [2.24, 2.45) is 5.92 Å². The molecule has 0 unspecified atom stereocenters. The molecule has 2 aromatic heterocycles. The first-order chi connectivity index (χ1) is 11.0. The lowest BCUT2D eigenvalue weighted by Gasteiger charge is -2.27. The number of hydrogen-bond acceptors (Lipinski definition) is 3. The highest BCUT2D eigenvalue weighted by atomic mass is 19.3. The van der Waals surface area contributed by atoms with Gasteiger partial charge in [-0.05, 0) is 36.8 Å². The van der Waals surface area contributed by atoms with E-state index >= 15 is 0 Å². The Labute approximate surface area is 134 Å². The third-order valence-corrected chi connectivity index (χ3v) is 4.43. The predicted octanol–water partition coefficient (Wildman–Crippen LogP) is 3.76. The molecule has 1 aliphatic carbocycles. The van der Waals surface area contributed by atoms with E-state index in [2.05, 4.69) is 16.7 Å². The van der Waals surface area contributed by atoms with Gasteiger partial charge in [0.15, 0.2) is 5.65 Å². The molecule has 0 saturated heterocycles. The van der Waals surface area contributed by atoms with Crippen molar-refractivity contribution >= 4 is 11.2 Å². The summed E-state index contributed by atoms with van der Waals surface area (Å²) in [5.74, 6) is -2.20. The van der Waals surface area contributed by atoms with E-state index in [1.807, 2.05) is 12.3 Å². The summed E-state index contributed by atoms with van der Waals surface area (Å²) in [5, 5.41) is 4.34. The van der Waals surface area contributed by atoms with Gasteiger partial charge < -0.3 is 4.74 Å². The lowest BCUT2D eigenvalue weighted by molar-refractivity contribution is -0.0457. The molecule has 124 valence electrons. The first-order valence-electron chi connectivity index (χ1n) is 7.86. The first-order valence-corrected chi connectivity index (χ1v) is 7.86. The zero-order valence-electron chi connectivity index (χ0n) is 13.3. The van der Waals surface area contributed by atoms with Gasteiger partial charge in [0.25, 0.3) is 0 Å². The Morgan fingerprint density at radius 3 is 2.87 bits per heavy atom. The van der Waals surface area contributed by atoms with Crippen LogP contribution in [0.1, 0.15) is 36.9 Å². The first kappa shape index (κ1) is 16.1. The van der Waals surface area contributed by atoms with Crippen LogP contribution in [0.25, 0.3) is 11.2 Å². The van der Waals surface area contributed by atoms with E-state index in [1.54, 1.807) is 17.8 Å². The van der Waals surface area contributed by atoms with Gasteiger partial charge in [-0.1, -0.05) is 6.58 Å². The van der Waals surface area contributed by atoms with E-state index in [9.17, 15) is 8.78 Å². The zero-order chi connectivity index (χ0) is 16.4. The van der Waals surface area contributed by atoms with Crippen LogP contribution < -0.4 is 0 Å². The minimum Gasteiger partial charge on any atom is -0.380 e. The Kier molecular flexibility index (Phi) is 4.43. The second-order valence-corrected chi connectivity index (χ2v) is 6.32. The molecule has 0 spiro atoms. The quantitative estimate of drug-likeness (QED) is 0.842. The Balaban J connectivity index is 1.72. The molecule has 0 atom stereocenters. The largest absolute Gasteiger partial charge is 0.380 e. The van der Waals surface area contributed by atoms with Crippen molar-refractivity contribution in [3.05, 3.63) is 36.3 Å². The van der Waals surface area contributed by atoms with Gasteiger partial charge in [-0.3, -0.25) is 0 Å². The van der Waals surface area contributed by atoms with Crippen molar-refractivity contribution in [1.29, 1.82) is 0 Å². The molecule has 1 saturated carbocycles. The van der Waals surface area contributed by atoms with Crippen LogP contribution in [-0.4, -0.2) is 34.2 Å². The number of aromatic nitrogens is 3. The van der Waals surface area contributed by atoms with Crippen LogP contribution in [0.4, 0.5) is 8.78 Å². The monoisotopic (exact) mass is 321 g/mol. The van der Waals surface area contributed by atoms with Crippen LogP contribution in [0.5, 0.6) is 0 Å². The van der Waals surface area contributed by atoms with Gasteiger partial charge in [0.2, 0.25) is 5.92 Å². The topological polar surface area (TPSA) is 39.4 Å². The molecular weight excluding hydrogens is 300 g/mol. The molecule has 0 bridgehead atoms. The molecular formula is C17H21F2N3O. The number of imidazole rings is 1. The lowest BCUT2D eigenvalue weighted by atomic mass is 9.84. The van der Waals surface area contributed by atoms with E-state index in [4.69, 9.17) is 4.74 Å². The van der Waals surface area contributed by atoms with Crippen LogP contribution >= 0.6 is 0 Å². The highest BCUT2D eigenvalue weighted by Gasteiger charge is 2.34. The van der Waals surface area contributed by atoms with E-state index in [0.717, 1.165) is 28.9 Å². The molecule has 0 aromatic carbocycles. The number of rotatable bonds is 5. The van der Waals surface area contributed by atoms with Crippen molar-refractivity contribution in [2.45, 2.75) is 38.0 Å². The number of methoxy groups -OCH3 is 1. The number of fused-ring (bicyclic) bond motifs is 1. The molecule has 23 heavy (non-hydrogen) atoms. The number of nitrogens with zero attached hydrogens (tertiary/aromatic N) is 3. The number of hydrogen-bond donors (Lipinski definition) is 0. The predicted molar refractivity (Wildman–Crippen MR) is 84.5 cm³/mol. The maximum Gasteiger partial charge on any atom is 0.248 e. The molecule has 4 nitrogen and oxygen atoms in total. The molecule has 6 heteroatoms. The fourth-order valence-corrected chi connectivity index (χ4v) is 3.08. The van der Waals surface area contributed by atoms with E-state index in [0.29, 0.717) is 19.4 Å². The molecule has 1 aliphatic rings. The third kappa shape index (κ3) is 3.75. The van der Waals surface area contributed by atoms with Gasteiger partial charge in [0.1, 0.15) is 0 Å². The van der Waals surface area contributed by atoms with Crippen molar-refractivity contribution in [2.75, 3.05) is 13.7 Å². The molecule has 2 heterocycles. The molecule has 1 fully saturated rings. The Morgan fingerprint density at radius 2 is 2.17 bits per heavy atom. The van der Waals surface area contributed by atoms with Crippen molar-refractivity contribution < 1.29 is 13.5 Å². The maximum atomic E-state index is 13.2. The second kappa shape index (κ2) is 6.35. The molecule has 0 aliphatic heterocycles. The van der Waals surface area contributed by atoms with E-state index < -0.39 is 5.92 Å². The average Bonchev–Trinajstić information content (AvgIpc) is 2.91. The summed E-state index contributed by atoms with van der Waals surface area (Å²) >= 11 is 0. The minimum absolute atomic E-state index is 0.00964. The highest BCUT2D eigenvalue weighted by Crippen LogP contribution is 2.37. The lowest BCUT2D eigenvalue weighted by Crippen LogP contribution is -2.25. The molecule has 0 N–H and O–H groups in total. The molecule has 2 aromatic rings. The van der Waals surface area contributed by atoms with Crippen molar-refractivity contribution in [1.82, 2.24) is 14.6 Å². The van der Waals surface area contributed by atoms with Crippen LogP contribution in [0.15, 0.2) is 25.0 Å². The van der Waals surface area contributed by atoms with Crippen LogP contribution in [0.3, 0.4) is 0 Å². The average molecular weight is 321 g/mol. The van der Waals surface area contributed by atoms with E-state index in [-0.39, 0.29) is 18.8 Å². The summed E-state index contributed by atoms with van der Waals surface area (Å²) in [4.78, 5) is 4.58. The van der Waals surface area contributed by atoms with Gasteiger partial charge in [-0.15, -0.1) is 0 Å². The SMILES string of the molecule is C=C(COC)c1cnn2cc(CC3CCC(F)(F)CC3)nc2c1. The maximum absolute atomic E-state index is 13.2. The van der Waals surface area contributed by atoms with Crippen LogP contribution in [0, 0.1) is 5.92 Å². The molecule has 0 radical (unpaired) electrons. The fourth-order valence-electron chi connectivity index (χ4n) is 3.08. The highest BCUT2D eigenvalue weighted by molar-refractivity contribution is 5.66. The third-order valence-electron chi connectivity index (χ3n) is 4.43. The normalized spacial score (nSPS) is 18.4. The van der Waals surface area contributed by atoms with Gasteiger partial charge in [0.05, 0.1) is 24.7 Å². The van der Waals surface area contributed by atoms with Gasteiger partial charge >= 0.3 is 0 Å². The number of halogens is 2. The minimum atomic E-state index is -2.48. The summed E-state index contributed by atoms with van der Waals surface area (Å²) in [6.45, 7) is 4.41. The van der Waals surface area contributed by atoms with Gasteiger partial charge in [0, 0.05) is 25.5 Å². The zero-order valence-corrected chi connectivity index (χ0v) is 13.3. The molecule has 3 rings (SSSR count). The van der Waals surface area contributed by atoms with Crippen LogP contribution in [0.2, 0.25) is 0 Å². The van der Waals surface area contributed by atoms with Crippen molar-refractivity contribution in [3.63, 3.8) is 0 Å². The summed E-state index contributed by atoms with van der Waals surface area (Å²) in [6, 6.07) is 1.92. The van der Waals surface area contributed by atoms with Gasteiger partial charge in [-0.25, -0.2) is 18.3 Å². The van der Waals surface area contributed by atoms with E-state index in [1.165, 1.54) is 0 Å². The fraction of sp³-hybridized carbons (Fsp3) is 0.529. The van der Waals surface area contributed by atoms with Crippen molar-refractivity contribution in [3.8, 4) is 0 Å². The summed E-state index contributed by atoms with van der Waals surface area (Å²) in [7, 11) is 1.62. The number of ether oxygens (including phenoxy) is 1. The standard InChI is InChI=1S/C17H21F2N3O/c1-12(11-23-2)14-8-16-21-15(10-22(16)20-9-14)7-13-3-5-17(18,19)6-4-13/h8-10,13H,1,3-7,11H2,2H3. The Morgan fingerprint density at radius 1 is 1.43 bits per heavy atom.